The van der Waals surface area contributed by atoms with E-state index in [9.17, 15) is 4.79 Å². The third kappa shape index (κ3) is 4.56. The average molecular weight is 468 g/mol. The summed E-state index contributed by atoms with van der Waals surface area (Å²) in [7, 11) is 0. The van der Waals surface area contributed by atoms with Gasteiger partial charge in [-0.05, 0) is 38.1 Å². The smallest absolute Gasteiger partial charge is 0.275 e. The second-order valence-electron chi connectivity index (χ2n) is 6.85. The fourth-order valence-electron chi connectivity index (χ4n) is 3.26. The highest BCUT2D eigenvalue weighted by Gasteiger charge is 2.20. The van der Waals surface area contributed by atoms with Gasteiger partial charge in [-0.25, -0.2) is 4.98 Å². The maximum atomic E-state index is 12.5. The van der Waals surface area contributed by atoms with Gasteiger partial charge in [0.2, 0.25) is 5.89 Å². The summed E-state index contributed by atoms with van der Waals surface area (Å²) in [6.45, 7) is 5.12. The molecule has 0 saturated carbocycles. The zero-order valence-corrected chi connectivity index (χ0v) is 19.3. The predicted octanol–water partition coefficient (Wildman–Crippen LogP) is 5.35. The van der Waals surface area contributed by atoms with E-state index in [-0.39, 0.29) is 5.91 Å². The van der Waals surface area contributed by atoms with E-state index in [1.54, 1.807) is 4.90 Å². The molecule has 0 aliphatic heterocycles. The van der Waals surface area contributed by atoms with Crippen molar-refractivity contribution in [3.05, 3.63) is 77.5 Å². The van der Waals surface area contributed by atoms with Gasteiger partial charge in [0, 0.05) is 24.3 Å². The Morgan fingerprint density at radius 2 is 1.78 bits per heavy atom. The number of para-hydroxylation sites is 1. The van der Waals surface area contributed by atoms with Crippen LogP contribution in [0.3, 0.4) is 0 Å². The van der Waals surface area contributed by atoms with Crippen molar-refractivity contribution in [1.82, 2.24) is 24.6 Å². The van der Waals surface area contributed by atoms with E-state index in [1.807, 2.05) is 73.0 Å². The summed E-state index contributed by atoms with van der Waals surface area (Å²) >= 11 is 7.86. The molecule has 0 N–H and O–H groups in total. The van der Waals surface area contributed by atoms with Crippen LogP contribution in [0.2, 0.25) is 5.02 Å². The van der Waals surface area contributed by atoms with Crippen LogP contribution in [0.25, 0.3) is 17.1 Å². The van der Waals surface area contributed by atoms with Gasteiger partial charge >= 0.3 is 0 Å². The number of carbonyl (C=O) groups excluding carboxylic acids is 1. The highest BCUT2D eigenvalue weighted by atomic mass is 35.5. The van der Waals surface area contributed by atoms with Crippen LogP contribution in [0.4, 0.5) is 0 Å². The van der Waals surface area contributed by atoms with Crippen LogP contribution in [0.15, 0.2) is 70.4 Å². The fourth-order valence-corrected chi connectivity index (χ4v) is 4.29. The van der Waals surface area contributed by atoms with Crippen molar-refractivity contribution in [2.75, 3.05) is 13.1 Å². The monoisotopic (exact) mass is 467 g/mol. The molecule has 4 rings (SSSR count). The van der Waals surface area contributed by atoms with Gasteiger partial charge in [0.15, 0.2) is 16.7 Å². The van der Waals surface area contributed by atoms with Crippen LogP contribution >= 0.6 is 23.4 Å². The van der Waals surface area contributed by atoms with E-state index in [4.69, 9.17) is 16.0 Å². The van der Waals surface area contributed by atoms with Crippen LogP contribution in [0, 0.1) is 0 Å². The Hall–Kier alpha value is -3.10. The van der Waals surface area contributed by atoms with Crippen molar-refractivity contribution in [2.24, 2.45) is 0 Å². The maximum Gasteiger partial charge on any atom is 0.275 e. The van der Waals surface area contributed by atoms with E-state index in [1.165, 1.54) is 18.0 Å². The number of hydrogen-bond donors (Lipinski definition) is 0. The lowest BCUT2D eigenvalue weighted by atomic mass is 10.2. The fraction of sp³-hybridized carbons (Fsp3) is 0.217. The van der Waals surface area contributed by atoms with Gasteiger partial charge in [-0.1, -0.05) is 53.7 Å². The largest absolute Gasteiger partial charge is 0.447 e. The third-order valence-electron chi connectivity index (χ3n) is 4.91. The van der Waals surface area contributed by atoms with E-state index in [2.05, 4.69) is 15.2 Å². The van der Waals surface area contributed by atoms with Crippen molar-refractivity contribution < 1.29 is 9.21 Å². The molecule has 2 aromatic carbocycles. The first-order chi connectivity index (χ1) is 15.6. The van der Waals surface area contributed by atoms with E-state index >= 15 is 0 Å². The Morgan fingerprint density at radius 3 is 2.50 bits per heavy atom. The zero-order chi connectivity index (χ0) is 22.5. The molecule has 0 unspecified atom stereocenters. The topological polar surface area (TPSA) is 77.0 Å². The molecule has 0 spiro atoms. The molecule has 9 heteroatoms. The summed E-state index contributed by atoms with van der Waals surface area (Å²) in [4.78, 5) is 18.6. The summed E-state index contributed by atoms with van der Waals surface area (Å²) in [5, 5.41) is 10.1. The molecule has 0 aliphatic rings. The van der Waals surface area contributed by atoms with Gasteiger partial charge in [0.1, 0.15) is 6.26 Å². The molecule has 164 valence electrons. The Kier molecular flexibility index (Phi) is 6.92. The number of hydrogen-bond acceptors (Lipinski definition) is 6. The van der Waals surface area contributed by atoms with Gasteiger partial charge in [0.05, 0.1) is 10.8 Å². The number of amides is 1. The van der Waals surface area contributed by atoms with E-state index in [0.29, 0.717) is 46.4 Å². The van der Waals surface area contributed by atoms with Crippen LogP contribution < -0.4 is 0 Å². The Labute approximate surface area is 195 Å². The molecule has 1 amide bonds. The van der Waals surface area contributed by atoms with Crippen LogP contribution in [0.5, 0.6) is 0 Å². The number of nitrogens with zero attached hydrogens (tertiary/aromatic N) is 5. The number of aromatic nitrogens is 4. The normalized spacial score (nSPS) is 11.0. The van der Waals surface area contributed by atoms with Gasteiger partial charge in [-0.3, -0.25) is 9.36 Å². The first-order valence-electron chi connectivity index (χ1n) is 10.2. The summed E-state index contributed by atoms with van der Waals surface area (Å²) in [6, 6.07) is 17.4. The lowest BCUT2D eigenvalue weighted by Crippen LogP contribution is -2.30. The van der Waals surface area contributed by atoms with Crippen molar-refractivity contribution in [1.29, 1.82) is 0 Å². The molecule has 4 aromatic rings. The molecule has 0 radical (unpaired) electrons. The molecular formula is C23H22ClN5O2S. The van der Waals surface area contributed by atoms with Gasteiger partial charge in [-0.2, -0.15) is 0 Å². The van der Waals surface area contributed by atoms with Crippen molar-refractivity contribution in [3.63, 3.8) is 0 Å². The van der Waals surface area contributed by atoms with Crippen LogP contribution in [-0.4, -0.2) is 43.6 Å². The molecule has 0 fully saturated rings. The number of oxazole rings is 1. The minimum Gasteiger partial charge on any atom is -0.447 e. The number of rotatable bonds is 8. The summed E-state index contributed by atoms with van der Waals surface area (Å²) in [5.74, 6) is 1.36. The standard InChI is InChI=1S/C23H22ClN5O2S/c1-3-28(4-2)22(30)19-14-31-20(25-19)15-32-23-27-26-21(17-12-8-9-13-18(17)24)29(23)16-10-6-5-7-11-16/h5-14H,3-4,15H2,1-2H3. The Bertz CT molecular complexity index is 1200. The highest BCUT2D eigenvalue weighted by molar-refractivity contribution is 7.98. The predicted molar refractivity (Wildman–Crippen MR) is 125 cm³/mol. The van der Waals surface area contributed by atoms with Crippen molar-refractivity contribution in [2.45, 2.75) is 24.8 Å². The number of thioether (sulfide) groups is 1. The minimum absolute atomic E-state index is 0.136. The molecule has 7 nitrogen and oxygen atoms in total. The molecule has 0 bridgehead atoms. The minimum atomic E-state index is -0.136. The molecule has 0 atom stereocenters. The Morgan fingerprint density at radius 1 is 1.06 bits per heavy atom. The molecule has 32 heavy (non-hydrogen) atoms. The number of halogens is 1. The second kappa shape index (κ2) is 10.0. The van der Waals surface area contributed by atoms with Crippen LogP contribution in [0.1, 0.15) is 30.2 Å². The SMILES string of the molecule is CCN(CC)C(=O)c1coc(CSc2nnc(-c3ccccc3Cl)n2-c2ccccc2)n1. The first-order valence-corrected chi connectivity index (χ1v) is 11.6. The van der Waals surface area contributed by atoms with E-state index in [0.717, 1.165) is 11.3 Å². The summed E-state index contributed by atoms with van der Waals surface area (Å²) in [6.07, 6.45) is 1.41. The molecule has 0 saturated heterocycles. The lowest BCUT2D eigenvalue weighted by Gasteiger charge is -2.16. The molecule has 2 aromatic heterocycles. The van der Waals surface area contributed by atoms with Gasteiger partial charge in [0.25, 0.3) is 5.91 Å². The third-order valence-corrected chi connectivity index (χ3v) is 6.15. The molecule has 2 heterocycles. The zero-order valence-electron chi connectivity index (χ0n) is 17.7. The summed E-state index contributed by atoms with van der Waals surface area (Å²) in [5.41, 5.74) is 2.02. The van der Waals surface area contributed by atoms with Crippen molar-refractivity contribution >= 4 is 29.3 Å². The number of benzene rings is 2. The maximum absolute atomic E-state index is 12.5. The van der Waals surface area contributed by atoms with Gasteiger partial charge in [-0.15, -0.1) is 10.2 Å². The van der Waals surface area contributed by atoms with Gasteiger partial charge < -0.3 is 9.32 Å². The lowest BCUT2D eigenvalue weighted by molar-refractivity contribution is 0.0767. The quantitative estimate of drug-likeness (QED) is 0.325. The second-order valence-corrected chi connectivity index (χ2v) is 8.20. The summed E-state index contributed by atoms with van der Waals surface area (Å²) < 4.78 is 7.50. The Balaban J connectivity index is 1.62. The molecule has 0 aliphatic carbocycles. The molecular weight excluding hydrogens is 446 g/mol. The highest BCUT2D eigenvalue weighted by Crippen LogP contribution is 2.32. The van der Waals surface area contributed by atoms with Crippen molar-refractivity contribution in [3.8, 4) is 17.1 Å². The average Bonchev–Trinajstić information content (AvgIpc) is 3.46. The first kappa shape index (κ1) is 22.1. The van der Waals surface area contributed by atoms with E-state index < -0.39 is 0 Å². The number of carbonyl (C=O) groups is 1. The van der Waals surface area contributed by atoms with Crippen LogP contribution in [-0.2, 0) is 5.75 Å².